The summed E-state index contributed by atoms with van der Waals surface area (Å²) in [7, 11) is 5.26. The number of dihydropyridines is 1. The van der Waals surface area contributed by atoms with Crippen molar-refractivity contribution in [2.45, 2.75) is 170 Å². The smallest absolute Gasteiger partial charge is 0.340 e. The minimum Gasteiger partial charge on any atom is -0.481 e. The lowest BCUT2D eigenvalue weighted by molar-refractivity contribution is -0.202. The van der Waals surface area contributed by atoms with E-state index in [0.717, 1.165) is 60.8 Å². The number of aliphatic hydroxyl groups is 4. The fourth-order valence-corrected chi connectivity index (χ4v) is 19.6. The Morgan fingerprint density at radius 3 is 2.68 bits per heavy atom. The van der Waals surface area contributed by atoms with Crippen molar-refractivity contribution in [3.05, 3.63) is 98.2 Å². The average molecular weight is 1110 g/mol. The molecule has 0 radical (unpaired) electrons. The van der Waals surface area contributed by atoms with E-state index in [1.807, 2.05) is 49.2 Å². The molecule has 15 nitrogen and oxygen atoms in total. The van der Waals surface area contributed by atoms with Crippen LogP contribution in [0, 0.1) is 41.4 Å². The predicted molar refractivity (Wildman–Crippen MR) is 302 cm³/mol. The van der Waals surface area contributed by atoms with Crippen LogP contribution in [0.4, 0.5) is 0 Å². The highest BCUT2D eigenvalue weighted by Gasteiger charge is 2.68. The van der Waals surface area contributed by atoms with Gasteiger partial charge in [0.15, 0.2) is 17.0 Å². The van der Waals surface area contributed by atoms with Crippen LogP contribution in [0.15, 0.2) is 85.9 Å². The third-order valence-corrected chi connectivity index (χ3v) is 23.1. The molecule has 1 aromatic heterocycles. The summed E-state index contributed by atoms with van der Waals surface area (Å²) in [5, 5.41) is 52.3. The number of ketones is 1. The first-order valence-corrected chi connectivity index (χ1v) is 31.3. The van der Waals surface area contributed by atoms with Crippen LogP contribution in [-0.4, -0.2) is 122 Å². The van der Waals surface area contributed by atoms with Crippen LogP contribution in [0.2, 0.25) is 0 Å². The Bertz CT molecular complexity index is 2930. The third-order valence-electron chi connectivity index (χ3n) is 20.3. The second-order valence-corrected chi connectivity index (χ2v) is 27.3. The molecular formula is C61H80N4O11S2. The number of ether oxygens (including phenoxy) is 2. The molecule has 9 aliphatic rings. The van der Waals surface area contributed by atoms with E-state index in [2.05, 4.69) is 24.5 Å². The zero-order valence-electron chi connectivity index (χ0n) is 45.8. The number of nitrogens with zero attached hydrogens (tertiary/aromatic N) is 1. The van der Waals surface area contributed by atoms with Crippen LogP contribution in [0.25, 0.3) is 11.0 Å². The first kappa shape index (κ1) is 55.5. The number of amides is 1. The Balaban J connectivity index is 1.05. The molecule has 1 spiro atoms. The zero-order chi connectivity index (χ0) is 55.0. The highest BCUT2D eigenvalue weighted by Crippen LogP contribution is 2.61. The van der Waals surface area contributed by atoms with E-state index in [9.17, 15) is 34.8 Å². The Morgan fingerprint density at radius 1 is 1.10 bits per heavy atom. The Kier molecular flexibility index (Phi) is 15.6. The van der Waals surface area contributed by atoms with Crippen LogP contribution in [-0.2, 0) is 31.0 Å². The molecule has 1 aromatic carbocycles. The average Bonchev–Trinajstić information content (AvgIpc) is 4.00. The molecule has 0 unspecified atom stereocenters. The maximum Gasteiger partial charge on any atom is 0.340 e. The lowest BCUT2D eigenvalue weighted by atomic mass is 9.50. The van der Waals surface area contributed by atoms with Crippen molar-refractivity contribution in [3.8, 4) is 5.75 Å². The number of esters is 1. The van der Waals surface area contributed by atoms with Gasteiger partial charge in [0.1, 0.15) is 11.3 Å². The van der Waals surface area contributed by atoms with Crippen molar-refractivity contribution in [2.75, 3.05) is 32.6 Å². The van der Waals surface area contributed by atoms with E-state index in [4.69, 9.17) is 19.6 Å². The first-order chi connectivity index (χ1) is 37.5. The molecule has 15 atom stereocenters. The lowest BCUT2D eigenvalue weighted by Crippen LogP contribution is -2.75. The Labute approximate surface area is 465 Å². The lowest BCUT2D eigenvalue weighted by Gasteiger charge is -2.62. The molecule has 4 aliphatic heterocycles. The van der Waals surface area contributed by atoms with Crippen LogP contribution >= 0.6 is 21.6 Å². The predicted octanol–water partition coefficient (Wildman–Crippen LogP) is 6.83. The fourth-order valence-electron chi connectivity index (χ4n) is 16.5. The maximum absolute atomic E-state index is 15.2. The largest absolute Gasteiger partial charge is 0.481 e. The van der Waals surface area contributed by atoms with Gasteiger partial charge in [0.05, 0.1) is 49.1 Å². The molecule has 11 rings (SSSR count). The van der Waals surface area contributed by atoms with Crippen molar-refractivity contribution >= 4 is 50.2 Å². The van der Waals surface area contributed by atoms with Gasteiger partial charge < -0.3 is 55.6 Å². The van der Waals surface area contributed by atoms with Gasteiger partial charge in [-0.25, -0.2) is 9.59 Å². The molecule has 78 heavy (non-hydrogen) atoms. The number of nitrogens with one attached hydrogen (secondary N) is 2. The van der Waals surface area contributed by atoms with Gasteiger partial charge in [0.25, 0.3) is 0 Å². The van der Waals surface area contributed by atoms with E-state index in [0.29, 0.717) is 71.9 Å². The molecule has 17 heteroatoms. The number of rotatable bonds is 13. The summed E-state index contributed by atoms with van der Waals surface area (Å²) in [6.07, 6.45) is 16.7. The van der Waals surface area contributed by atoms with Gasteiger partial charge >= 0.3 is 11.6 Å². The number of allylic oxidation sites excluding steroid dienone is 3. The number of benzene rings is 1. The first-order valence-electron chi connectivity index (χ1n) is 28.9. The van der Waals surface area contributed by atoms with Gasteiger partial charge in [0.2, 0.25) is 5.91 Å². The number of fused-ring (bicyclic) bond motifs is 8. The molecule has 5 heterocycles. The highest BCUT2D eigenvalue weighted by atomic mass is 33.1. The summed E-state index contributed by atoms with van der Waals surface area (Å²) in [6.45, 7) is 7.41. The molecule has 422 valence electrons. The van der Waals surface area contributed by atoms with Crippen LogP contribution in [0.3, 0.4) is 0 Å². The minimum atomic E-state index is -1.61. The van der Waals surface area contributed by atoms with Crippen molar-refractivity contribution in [1.29, 1.82) is 0 Å². The van der Waals surface area contributed by atoms with E-state index in [1.54, 1.807) is 46.7 Å². The zero-order valence-corrected chi connectivity index (χ0v) is 47.5. The minimum absolute atomic E-state index is 0.0374. The summed E-state index contributed by atoms with van der Waals surface area (Å²) in [5.74, 6) is -0.654. The van der Waals surface area contributed by atoms with E-state index >= 15 is 4.79 Å². The summed E-state index contributed by atoms with van der Waals surface area (Å²) < 4.78 is 20.9. The van der Waals surface area contributed by atoms with Gasteiger partial charge in [-0.15, -0.1) is 0 Å². The molecule has 2 aromatic rings. The third kappa shape index (κ3) is 9.15. The number of nitrogens with two attached hydrogens (primary N) is 1. The molecule has 4 fully saturated rings. The molecular weight excluding hydrogens is 1030 g/mol. The van der Waals surface area contributed by atoms with Crippen molar-refractivity contribution in [3.63, 3.8) is 0 Å². The molecule has 3 saturated carbocycles. The number of aliphatic hydroxyl groups excluding tert-OH is 4. The normalized spacial score (nSPS) is 36.6. The molecule has 5 aliphatic carbocycles. The summed E-state index contributed by atoms with van der Waals surface area (Å²) in [4.78, 5) is 60.4. The van der Waals surface area contributed by atoms with Crippen LogP contribution < -0.4 is 26.7 Å². The molecule has 8 N–H and O–H groups in total. The second-order valence-electron chi connectivity index (χ2n) is 24.7. The number of hydrogen-bond acceptors (Lipinski definition) is 16. The van der Waals surface area contributed by atoms with Crippen molar-refractivity contribution < 1.29 is 48.7 Å². The molecule has 1 amide bonds. The fraction of sp³-hybridized carbons (Fsp3) is 0.639. The van der Waals surface area contributed by atoms with Crippen molar-refractivity contribution in [1.82, 2.24) is 15.5 Å². The van der Waals surface area contributed by atoms with E-state index in [-0.39, 0.29) is 96.7 Å². The Morgan fingerprint density at radius 2 is 1.92 bits per heavy atom. The summed E-state index contributed by atoms with van der Waals surface area (Å²) >= 11 is 0. The van der Waals surface area contributed by atoms with Gasteiger partial charge in [-0.3, -0.25) is 9.59 Å². The molecule has 1 saturated heterocycles. The van der Waals surface area contributed by atoms with Crippen molar-refractivity contribution in [2.24, 2.45) is 47.2 Å². The monoisotopic (exact) mass is 1110 g/mol. The Hall–Kier alpha value is -4.36. The van der Waals surface area contributed by atoms with E-state index < -0.39 is 58.9 Å². The number of hydrogen-bond donors (Lipinski definition) is 7. The number of carbonyl (C=O) groups is 3. The van der Waals surface area contributed by atoms with Gasteiger partial charge in [0, 0.05) is 88.8 Å². The van der Waals surface area contributed by atoms with Gasteiger partial charge in [-0.1, -0.05) is 72.1 Å². The topological polar surface area (TPSA) is 234 Å². The van der Waals surface area contributed by atoms with Crippen LogP contribution in [0.5, 0.6) is 5.75 Å². The standard InChI is InChI=1S/C61H80N4O11S2/c1-6-33(18-20-66)57(72)76-59(4)39(30-67)22-37-31-77-78-50-25-42-46(69)17-15-45-53(55(42)63-5)56(50)65(45)52(71)24-36-29-64-51(62)26-41(36)54(37)61(59)28-35-21-34-23-44(58(73)74-48(34)27-49(35)75-61)60-19-8-7-9-38(60)11-16-47(70)43(60)14-13-40(68)12-10-32(2)3/h6,15,17,21-23,26-27,32,38-40,42-43,45,47,50,53-56,63-64,66-68,70H,7-14,16,18-20,24-25,28-31,62H2,1-5H3/b33-6+/t38-,39+,40-,42-,43-,45+,47+,50+,53+,54+,55+,56-,59-,60+,61-/m1/s1. The second kappa shape index (κ2) is 21.8. The van der Waals surface area contributed by atoms with Crippen LogP contribution in [0.1, 0.15) is 122 Å². The number of carbonyl (C=O) groups excluding carboxylic acids is 3. The summed E-state index contributed by atoms with van der Waals surface area (Å²) in [5.41, 5.74) is 6.92. The van der Waals surface area contributed by atoms with Gasteiger partial charge in [-0.2, -0.15) is 0 Å². The maximum atomic E-state index is 15.2. The SMILES string of the molecule is C/C=C(\CCO)C(=O)O[C@]1(C)[C@H](CO)C=C2CSS[C@H]3C[C@@H]4C(=O)C=C[C@H]5[C@@H]([C@H]4NC)[C@@H]3N5C(=O)CC3=C(C=C(N)NC3)[C@H]2[C@]12Cc1cc3cc([C@@]45CCCC[C@@H]4CC[C@H](O)[C@H]5CC[C@H](O)CCC(C)C)c(=O)oc3cc1O2. The molecule has 2 bridgehead atoms. The van der Waals surface area contributed by atoms with Gasteiger partial charge in [-0.05, 0) is 137 Å². The van der Waals surface area contributed by atoms with E-state index in [1.165, 1.54) is 0 Å². The highest BCUT2D eigenvalue weighted by molar-refractivity contribution is 8.77. The quantitative estimate of drug-likeness (QED) is 0.0358. The summed E-state index contributed by atoms with van der Waals surface area (Å²) in [6, 6.07) is 5.37.